The molecule has 102 valence electrons. The maximum Gasteiger partial charge on any atom is 0.137 e. The second-order valence-corrected chi connectivity index (χ2v) is 7.13. The second-order valence-electron chi connectivity index (χ2n) is 5.40. The lowest BCUT2D eigenvalue weighted by Crippen LogP contribution is -2.37. The van der Waals surface area contributed by atoms with E-state index in [-0.39, 0.29) is 0 Å². The van der Waals surface area contributed by atoms with Crippen molar-refractivity contribution in [2.75, 3.05) is 25.5 Å². The molecular formula is C15H20N2S2. The smallest absolute Gasteiger partial charge is 0.137 e. The van der Waals surface area contributed by atoms with Gasteiger partial charge in [0.2, 0.25) is 0 Å². The number of aryl methyl sites for hydroxylation is 1. The first kappa shape index (κ1) is 13.4. The van der Waals surface area contributed by atoms with Crippen molar-refractivity contribution in [3.05, 3.63) is 35.4 Å². The number of likely N-dealkylation sites (tertiary alicyclic amines) is 1. The summed E-state index contributed by atoms with van der Waals surface area (Å²) in [5.41, 5.74) is 2.80. The van der Waals surface area contributed by atoms with Gasteiger partial charge in [0, 0.05) is 24.9 Å². The zero-order chi connectivity index (χ0) is 13.2. The van der Waals surface area contributed by atoms with Crippen molar-refractivity contribution >= 4 is 28.3 Å². The van der Waals surface area contributed by atoms with Crippen LogP contribution >= 0.6 is 24.0 Å². The van der Waals surface area contributed by atoms with E-state index in [1.807, 2.05) is 11.8 Å². The van der Waals surface area contributed by atoms with Gasteiger partial charge in [0.15, 0.2) is 0 Å². The van der Waals surface area contributed by atoms with Crippen LogP contribution in [0.4, 0.5) is 0 Å². The molecule has 2 saturated heterocycles. The van der Waals surface area contributed by atoms with E-state index in [0.717, 1.165) is 23.3 Å². The molecule has 1 aromatic carbocycles. The minimum absolute atomic E-state index is 0.578. The number of thiocarbonyl (C=S) groups is 1. The lowest BCUT2D eigenvalue weighted by molar-refractivity contribution is 0.183. The number of hydrogen-bond donors (Lipinski definition) is 0. The minimum atomic E-state index is 0.578. The zero-order valence-corrected chi connectivity index (χ0v) is 13.0. The molecule has 0 bridgehead atoms. The molecule has 1 aromatic rings. The van der Waals surface area contributed by atoms with E-state index >= 15 is 0 Å². The van der Waals surface area contributed by atoms with Gasteiger partial charge in [-0.05, 0) is 25.3 Å². The molecule has 0 amide bonds. The Morgan fingerprint density at radius 2 is 2.05 bits per heavy atom. The van der Waals surface area contributed by atoms with Crippen LogP contribution in [0, 0.1) is 6.92 Å². The fourth-order valence-electron chi connectivity index (χ4n) is 2.93. The standard InChI is InChI=1S/C15H20N2S2/c1-12-4-6-13(7-5-12)14-3-2-8-16(14)11-17-9-10-19-15(17)18/h4-7,14H,2-3,8-11H2,1H3. The van der Waals surface area contributed by atoms with Crippen LogP contribution in [0.25, 0.3) is 0 Å². The summed E-state index contributed by atoms with van der Waals surface area (Å²) >= 11 is 7.23. The molecule has 0 aliphatic carbocycles. The van der Waals surface area contributed by atoms with Crippen LogP contribution in [0.2, 0.25) is 0 Å². The molecular weight excluding hydrogens is 272 g/mol. The van der Waals surface area contributed by atoms with E-state index in [9.17, 15) is 0 Å². The highest BCUT2D eigenvalue weighted by atomic mass is 32.2. The van der Waals surface area contributed by atoms with E-state index in [4.69, 9.17) is 12.2 Å². The SMILES string of the molecule is Cc1ccc(C2CCCN2CN2CCSC2=S)cc1. The van der Waals surface area contributed by atoms with E-state index in [0.29, 0.717) is 6.04 Å². The molecule has 2 fully saturated rings. The summed E-state index contributed by atoms with van der Waals surface area (Å²) in [6.07, 6.45) is 2.57. The molecule has 0 spiro atoms. The van der Waals surface area contributed by atoms with E-state index < -0.39 is 0 Å². The van der Waals surface area contributed by atoms with Crippen LogP contribution in [0.5, 0.6) is 0 Å². The van der Waals surface area contributed by atoms with Crippen molar-refractivity contribution < 1.29 is 0 Å². The van der Waals surface area contributed by atoms with Gasteiger partial charge in [-0.25, -0.2) is 0 Å². The summed E-state index contributed by atoms with van der Waals surface area (Å²) in [5, 5.41) is 0. The van der Waals surface area contributed by atoms with Crippen molar-refractivity contribution in [1.29, 1.82) is 0 Å². The average Bonchev–Trinajstić information content (AvgIpc) is 3.01. The number of rotatable bonds is 3. The molecule has 2 aliphatic heterocycles. The first-order valence-electron chi connectivity index (χ1n) is 6.96. The Morgan fingerprint density at radius 3 is 2.74 bits per heavy atom. The van der Waals surface area contributed by atoms with Crippen LogP contribution in [0.3, 0.4) is 0 Å². The van der Waals surface area contributed by atoms with Crippen molar-refractivity contribution in [3.63, 3.8) is 0 Å². The van der Waals surface area contributed by atoms with Gasteiger partial charge in [0.1, 0.15) is 4.32 Å². The summed E-state index contributed by atoms with van der Waals surface area (Å²) in [6.45, 7) is 5.46. The third-order valence-corrected chi connectivity index (χ3v) is 5.53. The molecule has 19 heavy (non-hydrogen) atoms. The fraction of sp³-hybridized carbons (Fsp3) is 0.533. The minimum Gasteiger partial charge on any atom is -0.344 e. The monoisotopic (exact) mass is 292 g/mol. The second kappa shape index (κ2) is 5.81. The average molecular weight is 292 g/mol. The van der Waals surface area contributed by atoms with Gasteiger partial charge < -0.3 is 4.90 Å². The Bertz CT molecular complexity index is 458. The summed E-state index contributed by atoms with van der Waals surface area (Å²) in [5.74, 6) is 1.15. The first-order chi connectivity index (χ1) is 9.24. The number of benzene rings is 1. The highest BCUT2D eigenvalue weighted by Gasteiger charge is 2.29. The lowest BCUT2D eigenvalue weighted by atomic mass is 10.0. The normalized spacial score (nSPS) is 24.4. The molecule has 0 radical (unpaired) electrons. The van der Waals surface area contributed by atoms with Crippen LogP contribution in [-0.4, -0.2) is 39.6 Å². The van der Waals surface area contributed by atoms with Gasteiger partial charge in [-0.15, -0.1) is 0 Å². The van der Waals surface area contributed by atoms with Crippen LogP contribution in [-0.2, 0) is 0 Å². The predicted molar refractivity (Wildman–Crippen MR) is 86.5 cm³/mol. The molecule has 3 rings (SSSR count). The molecule has 2 aliphatic rings. The molecule has 1 unspecified atom stereocenters. The van der Waals surface area contributed by atoms with Crippen LogP contribution < -0.4 is 0 Å². The van der Waals surface area contributed by atoms with E-state index in [1.165, 1.54) is 30.5 Å². The van der Waals surface area contributed by atoms with Crippen LogP contribution in [0.15, 0.2) is 24.3 Å². The number of thioether (sulfide) groups is 1. The Balaban J connectivity index is 1.70. The highest BCUT2D eigenvalue weighted by Crippen LogP contribution is 2.33. The van der Waals surface area contributed by atoms with E-state index in [1.54, 1.807) is 0 Å². The largest absolute Gasteiger partial charge is 0.344 e. The molecule has 0 aromatic heterocycles. The molecule has 2 nitrogen and oxygen atoms in total. The molecule has 2 heterocycles. The Morgan fingerprint density at radius 1 is 1.26 bits per heavy atom. The molecule has 4 heteroatoms. The fourth-order valence-corrected chi connectivity index (χ4v) is 4.15. The van der Waals surface area contributed by atoms with Gasteiger partial charge in [0.05, 0.1) is 6.67 Å². The summed E-state index contributed by atoms with van der Waals surface area (Å²) < 4.78 is 1.08. The maximum atomic E-state index is 5.41. The molecule has 0 N–H and O–H groups in total. The Kier molecular flexibility index (Phi) is 4.10. The Hall–Kier alpha value is -0.580. The van der Waals surface area contributed by atoms with E-state index in [2.05, 4.69) is 41.0 Å². The summed E-state index contributed by atoms with van der Waals surface area (Å²) in [6, 6.07) is 9.60. The van der Waals surface area contributed by atoms with Gasteiger partial charge in [-0.2, -0.15) is 0 Å². The van der Waals surface area contributed by atoms with Crippen molar-refractivity contribution in [3.8, 4) is 0 Å². The van der Waals surface area contributed by atoms with Crippen molar-refractivity contribution in [1.82, 2.24) is 9.80 Å². The van der Waals surface area contributed by atoms with Gasteiger partial charge >= 0.3 is 0 Å². The molecule has 1 atom stereocenters. The first-order valence-corrected chi connectivity index (χ1v) is 8.36. The van der Waals surface area contributed by atoms with Gasteiger partial charge in [0.25, 0.3) is 0 Å². The zero-order valence-electron chi connectivity index (χ0n) is 11.3. The van der Waals surface area contributed by atoms with Crippen LogP contribution in [0.1, 0.15) is 30.0 Å². The number of nitrogens with zero attached hydrogens (tertiary/aromatic N) is 2. The lowest BCUT2D eigenvalue weighted by Gasteiger charge is -2.30. The Labute approximate surface area is 125 Å². The summed E-state index contributed by atoms with van der Waals surface area (Å²) in [7, 11) is 0. The van der Waals surface area contributed by atoms with Gasteiger partial charge in [-0.1, -0.05) is 53.8 Å². The third kappa shape index (κ3) is 2.96. The quantitative estimate of drug-likeness (QED) is 0.787. The highest BCUT2D eigenvalue weighted by molar-refractivity contribution is 8.23. The third-order valence-electron chi connectivity index (χ3n) is 4.02. The number of hydrogen-bond acceptors (Lipinski definition) is 3. The predicted octanol–water partition coefficient (Wildman–Crippen LogP) is 3.42. The van der Waals surface area contributed by atoms with Crippen molar-refractivity contribution in [2.24, 2.45) is 0 Å². The maximum absolute atomic E-state index is 5.41. The molecule has 0 saturated carbocycles. The summed E-state index contributed by atoms with van der Waals surface area (Å²) in [4.78, 5) is 4.94. The topological polar surface area (TPSA) is 6.48 Å². The van der Waals surface area contributed by atoms with Gasteiger partial charge in [-0.3, -0.25) is 4.90 Å². The van der Waals surface area contributed by atoms with Crippen molar-refractivity contribution in [2.45, 2.75) is 25.8 Å².